The number of ether oxygens (including phenoxy) is 1. The Hall–Kier alpha value is -2.92. The highest BCUT2D eigenvalue weighted by atomic mass is 16.5. The maximum Gasteiger partial charge on any atom is 0.269 e. The smallest absolute Gasteiger partial charge is 0.269 e. The lowest BCUT2D eigenvalue weighted by atomic mass is 9.92. The van der Waals surface area contributed by atoms with E-state index in [1.54, 1.807) is 19.2 Å². The highest BCUT2D eigenvalue weighted by Gasteiger charge is 2.32. The van der Waals surface area contributed by atoms with E-state index in [1.807, 2.05) is 17.9 Å². The summed E-state index contributed by atoms with van der Waals surface area (Å²) in [6.07, 6.45) is 1.52. The van der Waals surface area contributed by atoms with Crippen molar-refractivity contribution in [3.05, 3.63) is 33.7 Å². The predicted octanol–water partition coefficient (Wildman–Crippen LogP) is 1.16. The SMILES string of the molecule is CNC(=O)c1ccc2[nH]c(=O)c(C#N)c(N3CCC(C)(OC)CC3)c2n1. The molecule has 0 aromatic carbocycles. The summed E-state index contributed by atoms with van der Waals surface area (Å²) in [7, 11) is 3.22. The molecule has 3 rings (SSSR count). The molecule has 1 fully saturated rings. The van der Waals surface area contributed by atoms with E-state index >= 15 is 0 Å². The van der Waals surface area contributed by atoms with E-state index < -0.39 is 5.56 Å². The van der Waals surface area contributed by atoms with E-state index in [1.165, 1.54) is 7.05 Å². The van der Waals surface area contributed by atoms with Gasteiger partial charge in [0, 0.05) is 27.2 Å². The summed E-state index contributed by atoms with van der Waals surface area (Å²) >= 11 is 0. The van der Waals surface area contributed by atoms with Crippen LogP contribution >= 0.6 is 0 Å². The summed E-state index contributed by atoms with van der Waals surface area (Å²) < 4.78 is 5.57. The van der Waals surface area contributed by atoms with Gasteiger partial charge < -0.3 is 19.9 Å². The quantitative estimate of drug-likeness (QED) is 0.855. The van der Waals surface area contributed by atoms with Crippen molar-refractivity contribution in [2.45, 2.75) is 25.4 Å². The number of nitriles is 1. The lowest BCUT2D eigenvalue weighted by Crippen LogP contribution is -2.44. The lowest BCUT2D eigenvalue weighted by molar-refractivity contribution is -0.0132. The summed E-state index contributed by atoms with van der Waals surface area (Å²) in [6, 6.07) is 5.18. The van der Waals surface area contributed by atoms with Crippen LogP contribution in [0.4, 0.5) is 5.69 Å². The third-order valence-corrected chi connectivity index (χ3v) is 5.03. The minimum absolute atomic E-state index is 0.0140. The third kappa shape index (κ3) is 3.02. The van der Waals surface area contributed by atoms with E-state index in [9.17, 15) is 14.9 Å². The van der Waals surface area contributed by atoms with Crippen molar-refractivity contribution in [2.24, 2.45) is 0 Å². The second-order valence-electron chi connectivity index (χ2n) is 6.60. The van der Waals surface area contributed by atoms with Gasteiger partial charge in [-0.2, -0.15) is 5.26 Å². The number of methoxy groups -OCH3 is 1. The highest BCUT2D eigenvalue weighted by molar-refractivity contribution is 5.97. The van der Waals surface area contributed by atoms with Gasteiger partial charge in [-0.15, -0.1) is 0 Å². The van der Waals surface area contributed by atoms with E-state index in [0.717, 1.165) is 12.8 Å². The van der Waals surface area contributed by atoms with Crippen LogP contribution in [0.2, 0.25) is 0 Å². The number of hydrogen-bond donors (Lipinski definition) is 2. The molecule has 0 atom stereocenters. The molecule has 1 saturated heterocycles. The number of pyridine rings is 2. The summed E-state index contributed by atoms with van der Waals surface area (Å²) in [5.74, 6) is -0.326. The average Bonchev–Trinajstić information content (AvgIpc) is 2.66. The van der Waals surface area contributed by atoms with Gasteiger partial charge >= 0.3 is 0 Å². The predicted molar refractivity (Wildman–Crippen MR) is 97.3 cm³/mol. The second-order valence-corrected chi connectivity index (χ2v) is 6.60. The molecule has 2 aromatic heterocycles. The molecule has 2 aromatic rings. The van der Waals surface area contributed by atoms with Gasteiger partial charge in [-0.1, -0.05) is 0 Å². The molecule has 0 aliphatic carbocycles. The molecule has 0 unspecified atom stereocenters. The number of nitrogens with one attached hydrogen (secondary N) is 2. The number of hydrogen-bond acceptors (Lipinski definition) is 6. The van der Waals surface area contributed by atoms with Gasteiger partial charge in [0.2, 0.25) is 0 Å². The van der Waals surface area contributed by atoms with Crippen molar-refractivity contribution >= 4 is 22.6 Å². The second kappa shape index (κ2) is 6.77. The number of aromatic amines is 1. The van der Waals surface area contributed by atoms with Gasteiger partial charge in [0.1, 0.15) is 22.8 Å². The zero-order chi connectivity index (χ0) is 18.9. The van der Waals surface area contributed by atoms with Gasteiger partial charge in [0.05, 0.1) is 16.8 Å². The molecule has 8 nitrogen and oxygen atoms in total. The van der Waals surface area contributed by atoms with Crippen LogP contribution in [0.25, 0.3) is 11.0 Å². The fraction of sp³-hybridized carbons (Fsp3) is 0.444. The van der Waals surface area contributed by atoms with Crippen LogP contribution in [-0.2, 0) is 4.74 Å². The highest BCUT2D eigenvalue weighted by Crippen LogP contribution is 2.32. The summed E-state index contributed by atoms with van der Waals surface area (Å²) in [4.78, 5) is 33.4. The molecule has 26 heavy (non-hydrogen) atoms. The molecule has 8 heteroatoms. The molecule has 1 amide bonds. The van der Waals surface area contributed by atoms with Crippen molar-refractivity contribution in [1.29, 1.82) is 5.26 Å². The number of carbonyl (C=O) groups excluding carboxylic acids is 1. The Morgan fingerprint density at radius 2 is 2.12 bits per heavy atom. The topological polar surface area (TPSA) is 111 Å². The van der Waals surface area contributed by atoms with Gasteiger partial charge in [-0.05, 0) is 31.9 Å². The van der Waals surface area contributed by atoms with Crippen molar-refractivity contribution in [3.63, 3.8) is 0 Å². The zero-order valence-corrected chi connectivity index (χ0v) is 15.0. The van der Waals surface area contributed by atoms with E-state index in [2.05, 4.69) is 15.3 Å². The first kappa shape index (κ1) is 17.9. The average molecular weight is 355 g/mol. The lowest BCUT2D eigenvalue weighted by Gasteiger charge is -2.39. The minimum atomic E-state index is -0.454. The first-order valence-corrected chi connectivity index (χ1v) is 8.42. The van der Waals surface area contributed by atoms with E-state index in [-0.39, 0.29) is 22.8 Å². The fourth-order valence-electron chi connectivity index (χ4n) is 3.22. The third-order valence-electron chi connectivity index (χ3n) is 5.03. The number of nitrogens with zero attached hydrogens (tertiary/aromatic N) is 3. The first-order valence-electron chi connectivity index (χ1n) is 8.42. The number of carbonyl (C=O) groups is 1. The minimum Gasteiger partial charge on any atom is -0.378 e. The maximum atomic E-state index is 12.3. The fourth-order valence-corrected chi connectivity index (χ4v) is 3.22. The Labute approximate surface area is 150 Å². The molecule has 136 valence electrons. The Kier molecular flexibility index (Phi) is 4.66. The molecule has 0 spiro atoms. The normalized spacial score (nSPS) is 16.3. The standard InChI is InChI=1S/C18H21N5O3/c1-18(26-3)6-8-23(9-7-18)15-11(10-19)16(24)22-12-4-5-13(17(25)20-2)21-14(12)15/h4-5H,6-9H2,1-3H3,(H,20,25)(H,22,24). The first-order chi connectivity index (χ1) is 12.4. The maximum absolute atomic E-state index is 12.3. The van der Waals surface area contributed by atoms with Crippen LogP contribution in [0.3, 0.4) is 0 Å². The van der Waals surface area contributed by atoms with Crippen molar-refractivity contribution in [2.75, 3.05) is 32.1 Å². The van der Waals surface area contributed by atoms with Crippen LogP contribution in [0.15, 0.2) is 16.9 Å². The van der Waals surface area contributed by atoms with Crippen LogP contribution in [0.5, 0.6) is 0 Å². The summed E-state index contributed by atoms with van der Waals surface area (Å²) in [6.45, 7) is 3.31. The number of anilines is 1. The molecule has 1 aliphatic rings. The van der Waals surface area contributed by atoms with Crippen molar-refractivity contribution in [3.8, 4) is 6.07 Å². The Morgan fingerprint density at radius 1 is 1.42 bits per heavy atom. The van der Waals surface area contributed by atoms with E-state index in [4.69, 9.17) is 4.74 Å². The van der Waals surface area contributed by atoms with Gasteiger partial charge in [-0.3, -0.25) is 9.59 Å². The molecule has 0 bridgehead atoms. The number of fused-ring (bicyclic) bond motifs is 1. The molecule has 2 N–H and O–H groups in total. The Balaban J connectivity index is 2.17. The number of rotatable bonds is 3. The van der Waals surface area contributed by atoms with Crippen LogP contribution in [0.1, 0.15) is 35.8 Å². The van der Waals surface area contributed by atoms with Crippen LogP contribution in [0, 0.1) is 11.3 Å². The molecule has 0 saturated carbocycles. The Bertz CT molecular complexity index is 952. The molecular weight excluding hydrogens is 334 g/mol. The van der Waals surface area contributed by atoms with Gasteiger partial charge in [-0.25, -0.2) is 4.98 Å². The summed E-state index contributed by atoms with van der Waals surface area (Å²) in [5, 5.41) is 12.1. The zero-order valence-electron chi connectivity index (χ0n) is 15.0. The Morgan fingerprint density at radius 3 is 2.69 bits per heavy atom. The number of amides is 1. The van der Waals surface area contributed by atoms with Gasteiger partial charge in [0.25, 0.3) is 11.5 Å². The number of H-pyrrole nitrogens is 1. The van der Waals surface area contributed by atoms with Gasteiger partial charge in [0.15, 0.2) is 0 Å². The molecule has 1 aliphatic heterocycles. The summed E-state index contributed by atoms with van der Waals surface area (Å²) in [5.41, 5.74) is 0.997. The van der Waals surface area contributed by atoms with Crippen molar-refractivity contribution < 1.29 is 9.53 Å². The van der Waals surface area contributed by atoms with Crippen LogP contribution < -0.4 is 15.8 Å². The number of aromatic nitrogens is 2. The molecule has 3 heterocycles. The molecule has 0 radical (unpaired) electrons. The largest absolute Gasteiger partial charge is 0.378 e. The number of piperidine rings is 1. The van der Waals surface area contributed by atoms with Crippen molar-refractivity contribution in [1.82, 2.24) is 15.3 Å². The molecular formula is C18H21N5O3. The monoisotopic (exact) mass is 355 g/mol. The van der Waals surface area contributed by atoms with E-state index in [0.29, 0.717) is 29.8 Å². The van der Waals surface area contributed by atoms with Crippen LogP contribution in [-0.4, -0.2) is 48.7 Å².